The van der Waals surface area contributed by atoms with E-state index in [-0.39, 0.29) is 0 Å². The number of hydrogen-bond donors (Lipinski definition) is 1. The monoisotopic (exact) mass is 273 g/mol. The lowest BCUT2D eigenvalue weighted by Gasteiger charge is -2.34. The van der Waals surface area contributed by atoms with Crippen LogP contribution in [0, 0.1) is 5.92 Å². The van der Waals surface area contributed by atoms with E-state index < -0.39 is 0 Å². The van der Waals surface area contributed by atoms with Gasteiger partial charge in [-0.05, 0) is 49.8 Å². The first kappa shape index (κ1) is 13.9. The van der Waals surface area contributed by atoms with Crippen LogP contribution in [-0.4, -0.2) is 24.1 Å². The van der Waals surface area contributed by atoms with Gasteiger partial charge < -0.3 is 10.2 Å². The van der Waals surface area contributed by atoms with Crippen LogP contribution in [0.3, 0.4) is 0 Å². The molecule has 2 unspecified atom stereocenters. The smallest absolute Gasteiger partial charge is 0.0600 e. The zero-order valence-electron chi connectivity index (χ0n) is 12.6. The van der Waals surface area contributed by atoms with Gasteiger partial charge in [-0.15, -0.1) is 0 Å². The molecule has 2 aliphatic rings. The second-order valence-electron chi connectivity index (χ2n) is 6.28. The fraction of sp³-hybridized carbons (Fsp3) is 0.706. The van der Waals surface area contributed by atoms with E-state index in [9.17, 15) is 0 Å². The highest BCUT2D eigenvalue weighted by Crippen LogP contribution is 2.39. The van der Waals surface area contributed by atoms with Crippen molar-refractivity contribution in [3.05, 3.63) is 24.0 Å². The van der Waals surface area contributed by atoms with Crippen LogP contribution in [0.25, 0.3) is 0 Å². The highest BCUT2D eigenvalue weighted by atomic mass is 15.2. The quantitative estimate of drug-likeness (QED) is 0.834. The first-order valence-corrected chi connectivity index (χ1v) is 8.30. The minimum absolute atomic E-state index is 0.776. The average Bonchev–Trinajstić information content (AvgIpc) is 2.92. The minimum atomic E-state index is 0.776. The molecule has 1 saturated carbocycles. The van der Waals surface area contributed by atoms with E-state index in [0.717, 1.165) is 25.0 Å². The summed E-state index contributed by atoms with van der Waals surface area (Å²) >= 11 is 0. The number of nitrogens with one attached hydrogen (secondary N) is 1. The molecule has 2 fully saturated rings. The van der Waals surface area contributed by atoms with E-state index in [1.807, 2.05) is 6.20 Å². The molecule has 0 aromatic carbocycles. The number of rotatable bonds is 5. The maximum absolute atomic E-state index is 4.39. The molecular weight excluding hydrogens is 246 g/mol. The van der Waals surface area contributed by atoms with Crippen molar-refractivity contribution in [3.8, 4) is 0 Å². The molecule has 3 heteroatoms. The second-order valence-corrected chi connectivity index (χ2v) is 6.28. The average molecular weight is 273 g/mol. The fourth-order valence-corrected chi connectivity index (χ4v) is 3.93. The van der Waals surface area contributed by atoms with Crippen molar-refractivity contribution in [1.82, 2.24) is 10.3 Å². The third-order valence-corrected chi connectivity index (χ3v) is 4.95. The van der Waals surface area contributed by atoms with Crippen molar-refractivity contribution in [2.45, 2.75) is 58.0 Å². The molecule has 0 bridgehead atoms. The summed E-state index contributed by atoms with van der Waals surface area (Å²) in [4.78, 5) is 7.04. The van der Waals surface area contributed by atoms with Gasteiger partial charge in [-0.2, -0.15) is 0 Å². The number of aromatic nitrogens is 1. The molecule has 1 N–H and O–H groups in total. The molecule has 110 valence electrons. The van der Waals surface area contributed by atoms with Crippen molar-refractivity contribution in [1.29, 1.82) is 0 Å². The first-order chi connectivity index (χ1) is 9.90. The molecule has 1 aromatic rings. The van der Waals surface area contributed by atoms with Gasteiger partial charge in [0.1, 0.15) is 0 Å². The third kappa shape index (κ3) is 2.83. The first-order valence-electron chi connectivity index (χ1n) is 8.30. The predicted molar refractivity (Wildman–Crippen MR) is 83.9 cm³/mol. The van der Waals surface area contributed by atoms with Gasteiger partial charge >= 0.3 is 0 Å². The Morgan fingerprint density at radius 2 is 2.20 bits per heavy atom. The molecule has 0 spiro atoms. The van der Waals surface area contributed by atoms with Crippen molar-refractivity contribution < 1.29 is 0 Å². The van der Waals surface area contributed by atoms with E-state index in [1.54, 1.807) is 0 Å². The maximum atomic E-state index is 4.39. The lowest BCUT2D eigenvalue weighted by Crippen LogP contribution is -2.35. The van der Waals surface area contributed by atoms with Gasteiger partial charge in [-0.3, -0.25) is 4.98 Å². The molecule has 20 heavy (non-hydrogen) atoms. The Bertz CT molecular complexity index is 432. The van der Waals surface area contributed by atoms with Gasteiger partial charge in [0.2, 0.25) is 0 Å². The zero-order chi connectivity index (χ0) is 13.8. The van der Waals surface area contributed by atoms with Gasteiger partial charge in [0.15, 0.2) is 0 Å². The zero-order valence-corrected chi connectivity index (χ0v) is 12.6. The summed E-state index contributed by atoms with van der Waals surface area (Å²) in [6.45, 7) is 5.50. The van der Waals surface area contributed by atoms with Gasteiger partial charge in [-0.25, -0.2) is 0 Å². The van der Waals surface area contributed by atoms with Gasteiger partial charge in [0, 0.05) is 25.3 Å². The van der Waals surface area contributed by atoms with E-state index in [0.29, 0.717) is 0 Å². The Morgan fingerprint density at radius 1 is 1.30 bits per heavy atom. The summed E-state index contributed by atoms with van der Waals surface area (Å²) in [6.07, 6.45) is 12.2. The van der Waals surface area contributed by atoms with E-state index >= 15 is 0 Å². The van der Waals surface area contributed by atoms with E-state index in [1.165, 1.54) is 56.3 Å². The number of fused-ring (bicyclic) bond motifs is 1. The molecule has 2 heterocycles. The maximum Gasteiger partial charge on any atom is 0.0600 e. The van der Waals surface area contributed by atoms with Crippen LogP contribution in [0.2, 0.25) is 0 Å². The fourth-order valence-electron chi connectivity index (χ4n) is 3.93. The largest absolute Gasteiger partial charge is 0.367 e. The third-order valence-electron chi connectivity index (χ3n) is 4.95. The Kier molecular flexibility index (Phi) is 4.56. The summed E-state index contributed by atoms with van der Waals surface area (Å²) in [7, 11) is 0. The Balaban J connectivity index is 1.75. The molecule has 3 nitrogen and oxygen atoms in total. The van der Waals surface area contributed by atoms with Gasteiger partial charge in [-0.1, -0.05) is 19.8 Å². The number of hydrogen-bond acceptors (Lipinski definition) is 3. The molecule has 3 rings (SSSR count). The van der Waals surface area contributed by atoms with Crippen LogP contribution in [0.5, 0.6) is 0 Å². The number of anilines is 1. The van der Waals surface area contributed by atoms with Crippen LogP contribution < -0.4 is 10.2 Å². The summed E-state index contributed by atoms with van der Waals surface area (Å²) < 4.78 is 0. The second kappa shape index (κ2) is 6.57. The molecule has 1 saturated heterocycles. The number of pyridine rings is 1. The van der Waals surface area contributed by atoms with Crippen molar-refractivity contribution in [2.24, 2.45) is 5.92 Å². The van der Waals surface area contributed by atoms with Crippen LogP contribution in [-0.2, 0) is 6.54 Å². The van der Waals surface area contributed by atoms with Crippen LogP contribution in [0.4, 0.5) is 5.69 Å². The van der Waals surface area contributed by atoms with Crippen molar-refractivity contribution in [2.75, 3.05) is 18.0 Å². The molecule has 1 aromatic heterocycles. The Labute approximate surface area is 122 Å². The highest BCUT2D eigenvalue weighted by Gasteiger charge is 2.36. The van der Waals surface area contributed by atoms with Crippen LogP contribution in [0.15, 0.2) is 18.5 Å². The van der Waals surface area contributed by atoms with Crippen molar-refractivity contribution >= 4 is 5.69 Å². The highest BCUT2D eigenvalue weighted by molar-refractivity contribution is 5.53. The molecule has 1 aliphatic heterocycles. The summed E-state index contributed by atoms with van der Waals surface area (Å²) in [5.74, 6) is 0.931. The normalized spacial score (nSPS) is 25.8. The molecule has 2 atom stereocenters. The standard InChI is InChI=1S/C17H27N3/c1-2-9-18-12-15-7-10-19-13-17(15)20-11-8-14-5-3-4-6-16(14)20/h7,10,13-14,16,18H,2-6,8-9,11-12H2,1H3. The molecular formula is C17H27N3. The van der Waals surface area contributed by atoms with E-state index in [2.05, 4.69) is 34.4 Å². The summed E-state index contributed by atoms with van der Waals surface area (Å²) in [5, 5.41) is 3.53. The number of nitrogens with zero attached hydrogens (tertiary/aromatic N) is 2. The van der Waals surface area contributed by atoms with Crippen LogP contribution >= 0.6 is 0 Å². The molecule has 0 radical (unpaired) electrons. The molecule has 0 amide bonds. The molecule has 1 aliphatic carbocycles. The predicted octanol–water partition coefficient (Wildman–Crippen LogP) is 3.35. The summed E-state index contributed by atoms with van der Waals surface area (Å²) in [6, 6.07) is 2.96. The Hall–Kier alpha value is -1.09. The van der Waals surface area contributed by atoms with Gasteiger partial charge in [0.05, 0.1) is 11.9 Å². The van der Waals surface area contributed by atoms with Crippen molar-refractivity contribution in [3.63, 3.8) is 0 Å². The van der Waals surface area contributed by atoms with E-state index in [4.69, 9.17) is 0 Å². The lowest BCUT2D eigenvalue weighted by atomic mass is 9.85. The Morgan fingerprint density at radius 3 is 3.10 bits per heavy atom. The van der Waals surface area contributed by atoms with Gasteiger partial charge in [0.25, 0.3) is 0 Å². The lowest BCUT2D eigenvalue weighted by molar-refractivity contribution is 0.342. The SMILES string of the molecule is CCCNCc1ccncc1N1CCC2CCCCC21. The topological polar surface area (TPSA) is 28.2 Å². The minimum Gasteiger partial charge on any atom is -0.367 e. The van der Waals surface area contributed by atoms with Crippen LogP contribution in [0.1, 0.15) is 51.0 Å². The summed E-state index contributed by atoms with van der Waals surface area (Å²) in [5.41, 5.74) is 2.80.